The Balaban J connectivity index is 2.33. The van der Waals surface area contributed by atoms with Gasteiger partial charge in [-0.15, -0.1) is 0 Å². The van der Waals surface area contributed by atoms with Crippen molar-refractivity contribution in [2.24, 2.45) is 0 Å². The summed E-state index contributed by atoms with van der Waals surface area (Å²) in [6.07, 6.45) is 0.498. The van der Waals surface area contributed by atoms with Crippen molar-refractivity contribution in [2.45, 2.75) is 6.42 Å². The summed E-state index contributed by atoms with van der Waals surface area (Å²) in [7, 11) is 0. The minimum Gasteiger partial charge on any atom is -0.452 e. The predicted molar refractivity (Wildman–Crippen MR) is 81.6 cm³/mol. The van der Waals surface area contributed by atoms with Crippen LogP contribution < -0.4 is 0 Å². The maximum Gasteiger partial charge on any atom is 0.212 e. The van der Waals surface area contributed by atoms with E-state index in [-0.39, 0.29) is 18.0 Å². The molecule has 1 heterocycles. The first kappa shape index (κ1) is 13.8. The number of hydrogen-bond donors (Lipinski definition) is 0. The molecule has 0 aliphatic carbocycles. The van der Waals surface area contributed by atoms with Crippen LogP contribution in [0.5, 0.6) is 0 Å². The molecule has 0 saturated carbocycles. The zero-order chi connectivity index (χ0) is 15.5. The van der Waals surface area contributed by atoms with Gasteiger partial charge in [-0.1, -0.05) is 30.3 Å². The van der Waals surface area contributed by atoms with Gasteiger partial charge in [-0.2, -0.15) is 5.26 Å². The van der Waals surface area contributed by atoms with Gasteiger partial charge in [-0.25, -0.2) is 0 Å². The Morgan fingerprint density at radius 2 is 1.95 bits per heavy atom. The highest BCUT2D eigenvalue weighted by Crippen LogP contribution is 2.35. The number of carbonyl (C=O) groups is 2. The number of carbonyl (C=O) groups excluding carboxylic acids is 2. The van der Waals surface area contributed by atoms with Gasteiger partial charge >= 0.3 is 0 Å². The SMILES string of the molecule is N#CCC(=O)c1oc2ccc(C=O)cc2c1-c1ccccc1. The monoisotopic (exact) mass is 289 g/mol. The zero-order valence-corrected chi connectivity index (χ0v) is 11.6. The molecule has 0 amide bonds. The maximum absolute atomic E-state index is 12.2. The molecule has 0 fully saturated rings. The standard InChI is InChI=1S/C18H11NO3/c19-9-8-15(21)18-17(13-4-2-1-3-5-13)14-10-12(11-20)6-7-16(14)22-18/h1-7,10-11H,8H2. The Bertz CT molecular complexity index is 901. The van der Waals surface area contributed by atoms with Crippen molar-refractivity contribution in [1.29, 1.82) is 5.26 Å². The summed E-state index contributed by atoms with van der Waals surface area (Å²) in [6.45, 7) is 0. The first-order valence-corrected chi connectivity index (χ1v) is 6.72. The summed E-state index contributed by atoms with van der Waals surface area (Å²) in [5.41, 5.74) is 2.46. The highest BCUT2D eigenvalue weighted by Gasteiger charge is 2.21. The van der Waals surface area contributed by atoms with Gasteiger partial charge in [-0.05, 0) is 23.8 Å². The molecular formula is C18H11NO3. The number of nitriles is 1. The maximum atomic E-state index is 12.2. The van der Waals surface area contributed by atoms with E-state index in [1.165, 1.54) is 0 Å². The lowest BCUT2D eigenvalue weighted by molar-refractivity contribution is 0.0974. The minimum absolute atomic E-state index is 0.158. The average molecular weight is 289 g/mol. The fraction of sp³-hybridized carbons (Fsp3) is 0.0556. The molecule has 2 aromatic carbocycles. The van der Waals surface area contributed by atoms with Crippen LogP contribution in [0.2, 0.25) is 0 Å². The second-order valence-corrected chi connectivity index (χ2v) is 4.80. The van der Waals surface area contributed by atoms with Crippen LogP contribution in [0, 0.1) is 11.3 Å². The fourth-order valence-corrected chi connectivity index (χ4v) is 2.43. The van der Waals surface area contributed by atoms with Gasteiger partial charge in [0, 0.05) is 16.5 Å². The Labute approximate surface area is 126 Å². The molecule has 3 aromatic rings. The number of aldehydes is 1. The van der Waals surface area contributed by atoms with Crippen molar-refractivity contribution >= 4 is 23.0 Å². The van der Waals surface area contributed by atoms with Gasteiger partial charge in [-0.3, -0.25) is 9.59 Å². The Morgan fingerprint density at radius 1 is 1.18 bits per heavy atom. The normalized spacial score (nSPS) is 10.3. The van der Waals surface area contributed by atoms with Crippen LogP contribution in [0.4, 0.5) is 0 Å². The van der Waals surface area contributed by atoms with Crippen LogP contribution in [-0.4, -0.2) is 12.1 Å². The van der Waals surface area contributed by atoms with Crippen LogP contribution in [0.3, 0.4) is 0 Å². The van der Waals surface area contributed by atoms with E-state index < -0.39 is 0 Å². The number of fused-ring (bicyclic) bond motifs is 1. The van der Waals surface area contributed by atoms with Gasteiger partial charge < -0.3 is 4.42 Å². The summed E-state index contributed by atoms with van der Waals surface area (Å²) < 4.78 is 5.65. The first-order valence-electron chi connectivity index (χ1n) is 6.72. The number of furan rings is 1. The molecular weight excluding hydrogens is 278 g/mol. The molecule has 106 valence electrons. The van der Waals surface area contributed by atoms with Gasteiger partial charge in [0.2, 0.25) is 5.78 Å². The molecule has 0 aliphatic rings. The molecule has 0 aliphatic heterocycles. The second-order valence-electron chi connectivity index (χ2n) is 4.80. The molecule has 1 aromatic heterocycles. The third-order valence-electron chi connectivity index (χ3n) is 3.40. The van der Waals surface area contributed by atoms with Gasteiger partial charge in [0.1, 0.15) is 18.3 Å². The van der Waals surface area contributed by atoms with E-state index in [0.717, 1.165) is 11.8 Å². The molecule has 4 nitrogen and oxygen atoms in total. The molecule has 0 spiro atoms. The molecule has 3 rings (SSSR count). The van der Waals surface area contributed by atoms with E-state index in [9.17, 15) is 9.59 Å². The topological polar surface area (TPSA) is 71.1 Å². The molecule has 22 heavy (non-hydrogen) atoms. The van der Waals surface area contributed by atoms with Crippen LogP contribution in [0.1, 0.15) is 27.3 Å². The Kier molecular flexibility index (Phi) is 3.55. The van der Waals surface area contributed by atoms with Crippen molar-refractivity contribution in [2.75, 3.05) is 0 Å². The number of rotatable bonds is 4. The molecule has 0 bridgehead atoms. The van der Waals surface area contributed by atoms with Crippen molar-refractivity contribution < 1.29 is 14.0 Å². The van der Waals surface area contributed by atoms with Gasteiger partial charge in [0.05, 0.1) is 6.07 Å². The number of Topliss-reactive ketones (excluding diaryl/α,β-unsaturated/α-hetero) is 1. The quantitative estimate of drug-likeness (QED) is 0.537. The van der Waals surface area contributed by atoms with Gasteiger partial charge in [0.25, 0.3) is 0 Å². The van der Waals surface area contributed by atoms with E-state index >= 15 is 0 Å². The third kappa shape index (κ3) is 2.29. The minimum atomic E-state index is -0.370. The fourth-order valence-electron chi connectivity index (χ4n) is 2.43. The molecule has 0 unspecified atom stereocenters. The van der Waals surface area contributed by atoms with Crippen LogP contribution in [0.15, 0.2) is 52.9 Å². The predicted octanol–water partition coefficient (Wildman–Crippen LogP) is 4.01. The van der Waals surface area contributed by atoms with Crippen LogP contribution >= 0.6 is 0 Å². The number of benzene rings is 2. The lowest BCUT2D eigenvalue weighted by Crippen LogP contribution is -1.97. The summed E-state index contributed by atoms with van der Waals surface area (Å²) in [5, 5.41) is 9.45. The second kappa shape index (κ2) is 5.66. The largest absolute Gasteiger partial charge is 0.452 e. The zero-order valence-electron chi connectivity index (χ0n) is 11.6. The molecule has 0 saturated heterocycles. The average Bonchev–Trinajstić information content (AvgIpc) is 2.94. The van der Waals surface area contributed by atoms with Crippen LogP contribution in [-0.2, 0) is 0 Å². The van der Waals surface area contributed by atoms with Crippen molar-refractivity contribution in [3.8, 4) is 17.2 Å². The molecule has 4 heteroatoms. The summed E-state index contributed by atoms with van der Waals surface area (Å²) in [6, 6.07) is 16.1. The lowest BCUT2D eigenvalue weighted by Gasteiger charge is -2.01. The summed E-state index contributed by atoms with van der Waals surface area (Å²) in [4.78, 5) is 23.2. The summed E-state index contributed by atoms with van der Waals surface area (Å²) in [5.74, 6) is -0.212. The van der Waals surface area contributed by atoms with E-state index in [0.29, 0.717) is 22.1 Å². The third-order valence-corrected chi connectivity index (χ3v) is 3.40. The molecule has 0 N–H and O–H groups in total. The van der Waals surface area contributed by atoms with E-state index in [1.807, 2.05) is 36.4 Å². The van der Waals surface area contributed by atoms with Crippen LogP contribution in [0.25, 0.3) is 22.1 Å². The van der Waals surface area contributed by atoms with Crippen molar-refractivity contribution in [1.82, 2.24) is 0 Å². The number of nitrogens with zero attached hydrogens (tertiary/aromatic N) is 1. The highest BCUT2D eigenvalue weighted by atomic mass is 16.3. The van der Waals surface area contributed by atoms with Gasteiger partial charge in [0.15, 0.2) is 5.76 Å². The molecule has 0 atom stereocenters. The Hall–Kier alpha value is -3.19. The number of ketones is 1. The van der Waals surface area contributed by atoms with Crippen molar-refractivity contribution in [3.05, 3.63) is 59.9 Å². The lowest BCUT2D eigenvalue weighted by atomic mass is 9.99. The van der Waals surface area contributed by atoms with Crippen molar-refractivity contribution in [3.63, 3.8) is 0 Å². The van der Waals surface area contributed by atoms with E-state index in [2.05, 4.69) is 0 Å². The smallest absolute Gasteiger partial charge is 0.212 e. The first-order chi connectivity index (χ1) is 10.7. The number of hydrogen-bond acceptors (Lipinski definition) is 4. The molecule has 0 radical (unpaired) electrons. The summed E-state index contributed by atoms with van der Waals surface area (Å²) >= 11 is 0. The van der Waals surface area contributed by atoms with E-state index in [4.69, 9.17) is 9.68 Å². The van der Waals surface area contributed by atoms with E-state index in [1.54, 1.807) is 18.2 Å². The highest BCUT2D eigenvalue weighted by molar-refractivity contribution is 6.10. The Morgan fingerprint density at radius 3 is 2.64 bits per heavy atom.